The van der Waals surface area contributed by atoms with Gasteiger partial charge in [-0.3, -0.25) is 9.59 Å². The highest BCUT2D eigenvalue weighted by molar-refractivity contribution is 6.35. The van der Waals surface area contributed by atoms with Crippen LogP contribution in [0.25, 0.3) is 0 Å². The summed E-state index contributed by atoms with van der Waals surface area (Å²) in [5.41, 5.74) is 4.38. The molecule has 0 saturated carbocycles. The number of likely N-dealkylation sites (tertiary alicyclic amines) is 1. The Kier molecular flexibility index (Phi) is 3.65. The molecule has 0 radical (unpaired) electrons. The van der Waals surface area contributed by atoms with E-state index < -0.39 is 17.4 Å². The van der Waals surface area contributed by atoms with Gasteiger partial charge in [0.25, 0.3) is 0 Å². The zero-order chi connectivity index (χ0) is 11.5. The summed E-state index contributed by atoms with van der Waals surface area (Å²) in [6.45, 7) is 2.90. The fourth-order valence-corrected chi connectivity index (χ4v) is 1.44. The number of carbonyl (C=O) groups excluding carboxylic acids is 2. The Balaban J connectivity index is 2.34. The van der Waals surface area contributed by atoms with E-state index in [1.807, 2.05) is 6.92 Å². The molecule has 0 unspecified atom stereocenters. The number of amides is 2. The first-order valence-corrected chi connectivity index (χ1v) is 5.02. The zero-order valence-corrected chi connectivity index (χ0v) is 8.82. The molecule has 1 rings (SSSR count). The zero-order valence-electron chi connectivity index (χ0n) is 8.82. The number of carbonyl (C=O) groups is 2. The van der Waals surface area contributed by atoms with Crippen molar-refractivity contribution in [3.8, 4) is 0 Å². The molecule has 6 heteroatoms. The summed E-state index contributed by atoms with van der Waals surface area (Å²) < 4.78 is 0. The molecule has 0 bridgehead atoms. The van der Waals surface area contributed by atoms with Crippen LogP contribution in [0.1, 0.15) is 13.3 Å². The smallest absolute Gasteiger partial charge is 0.312 e. The van der Waals surface area contributed by atoms with Crippen molar-refractivity contribution in [1.82, 2.24) is 10.2 Å². The summed E-state index contributed by atoms with van der Waals surface area (Å²) in [4.78, 5) is 23.9. The van der Waals surface area contributed by atoms with Crippen molar-refractivity contribution in [3.05, 3.63) is 0 Å². The predicted octanol–water partition coefficient (Wildman–Crippen LogP) is -1.96. The van der Waals surface area contributed by atoms with Gasteiger partial charge in [0.1, 0.15) is 0 Å². The first kappa shape index (κ1) is 11.9. The lowest BCUT2D eigenvalue weighted by Gasteiger charge is -2.45. The lowest BCUT2D eigenvalue weighted by Crippen LogP contribution is -2.65. The summed E-state index contributed by atoms with van der Waals surface area (Å²) in [5, 5.41) is 12.0. The monoisotopic (exact) mass is 215 g/mol. The highest BCUT2D eigenvalue weighted by Crippen LogP contribution is 2.23. The third kappa shape index (κ3) is 2.66. The van der Waals surface area contributed by atoms with Crippen LogP contribution in [-0.4, -0.2) is 53.6 Å². The van der Waals surface area contributed by atoms with Crippen molar-refractivity contribution in [2.75, 3.05) is 26.2 Å². The molecule has 0 aliphatic carbocycles. The van der Waals surface area contributed by atoms with E-state index in [1.165, 1.54) is 4.90 Å². The summed E-state index contributed by atoms with van der Waals surface area (Å²) in [7, 11) is 0. The van der Waals surface area contributed by atoms with Crippen LogP contribution in [-0.2, 0) is 9.59 Å². The molecule has 2 amide bonds. The summed E-state index contributed by atoms with van der Waals surface area (Å²) in [6.07, 6.45) is 0.585. The second-order valence-corrected chi connectivity index (χ2v) is 3.78. The first-order chi connectivity index (χ1) is 7.02. The van der Waals surface area contributed by atoms with E-state index in [-0.39, 0.29) is 19.6 Å². The standard InChI is InChI=1S/C9H17N3O3/c1-2-9(15)5-12(6-9)8(14)7(13)11-4-3-10/h15H,2-6,10H2,1H3,(H,11,13). The van der Waals surface area contributed by atoms with Gasteiger partial charge in [-0.25, -0.2) is 0 Å². The van der Waals surface area contributed by atoms with Crippen molar-refractivity contribution in [2.45, 2.75) is 18.9 Å². The van der Waals surface area contributed by atoms with E-state index in [0.29, 0.717) is 13.0 Å². The van der Waals surface area contributed by atoms with E-state index in [4.69, 9.17) is 5.73 Å². The van der Waals surface area contributed by atoms with Crippen molar-refractivity contribution in [1.29, 1.82) is 0 Å². The Morgan fingerprint density at radius 2 is 2.13 bits per heavy atom. The molecular formula is C9H17N3O3. The quantitative estimate of drug-likeness (QED) is 0.476. The molecule has 0 aromatic heterocycles. The minimum Gasteiger partial charge on any atom is -0.386 e. The van der Waals surface area contributed by atoms with Crippen LogP contribution < -0.4 is 11.1 Å². The second-order valence-electron chi connectivity index (χ2n) is 3.78. The topological polar surface area (TPSA) is 95.7 Å². The molecule has 86 valence electrons. The Morgan fingerprint density at radius 1 is 1.53 bits per heavy atom. The minimum atomic E-state index is -0.802. The van der Waals surface area contributed by atoms with Gasteiger partial charge in [0.15, 0.2) is 0 Å². The molecule has 15 heavy (non-hydrogen) atoms. The van der Waals surface area contributed by atoms with Crippen LogP contribution >= 0.6 is 0 Å². The van der Waals surface area contributed by atoms with Gasteiger partial charge in [0, 0.05) is 13.1 Å². The van der Waals surface area contributed by atoms with E-state index >= 15 is 0 Å². The number of nitrogens with two attached hydrogens (primary N) is 1. The summed E-state index contributed by atoms with van der Waals surface area (Å²) >= 11 is 0. The molecule has 0 spiro atoms. The fraction of sp³-hybridized carbons (Fsp3) is 0.778. The highest BCUT2D eigenvalue weighted by Gasteiger charge is 2.43. The van der Waals surface area contributed by atoms with Gasteiger partial charge in [0.2, 0.25) is 0 Å². The third-order valence-electron chi connectivity index (χ3n) is 2.54. The van der Waals surface area contributed by atoms with Crippen LogP contribution in [0.5, 0.6) is 0 Å². The van der Waals surface area contributed by atoms with Crippen LogP contribution in [0.15, 0.2) is 0 Å². The Morgan fingerprint density at radius 3 is 2.60 bits per heavy atom. The Bertz CT molecular complexity index is 261. The summed E-state index contributed by atoms with van der Waals surface area (Å²) in [5.74, 6) is -1.25. The van der Waals surface area contributed by atoms with Crippen LogP contribution in [0.2, 0.25) is 0 Å². The van der Waals surface area contributed by atoms with Crippen molar-refractivity contribution in [3.63, 3.8) is 0 Å². The molecule has 4 N–H and O–H groups in total. The molecule has 0 aromatic carbocycles. The van der Waals surface area contributed by atoms with Gasteiger partial charge in [-0.2, -0.15) is 0 Å². The fourth-order valence-electron chi connectivity index (χ4n) is 1.44. The lowest BCUT2D eigenvalue weighted by atomic mass is 9.91. The largest absolute Gasteiger partial charge is 0.386 e. The predicted molar refractivity (Wildman–Crippen MR) is 53.9 cm³/mol. The Labute approximate surface area is 88.4 Å². The van der Waals surface area contributed by atoms with Crippen LogP contribution in [0.3, 0.4) is 0 Å². The molecule has 1 aliphatic rings. The number of hydrogen-bond donors (Lipinski definition) is 3. The van der Waals surface area contributed by atoms with Gasteiger partial charge in [-0.1, -0.05) is 6.92 Å². The van der Waals surface area contributed by atoms with E-state index in [2.05, 4.69) is 5.32 Å². The van der Waals surface area contributed by atoms with Crippen molar-refractivity contribution in [2.24, 2.45) is 5.73 Å². The van der Waals surface area contributed by atoms with Gasteiger partial charge in [-0.15, -0.1) is 0 Å². The van der Waals surface area contributed by atoms with Gasteiger partial charge < -0.3 is 21.1 Å². The number of hydrogen-bond acceptors (Lipinski definition) is 4. The van der Waals surface area contributed by atoms with E-state index in [1.54, 1.807) is 0 Å². The molecule has 1 heterocycles. The molecule has 6 nitrogen and oxygen atoms in total. The number of aliphatic hydroxyl groups is 1. The average Bonchev–Trinajstić information content (AvgIpc) is 2.20. The number of rotatable bonds is 3. The average molecular weight is 215 g/mol. The maximum atomic E-state index is 11.4. The number of nitrogens with zero attached hydrogens (tertiary/aromatic N) is 1. The van der Waals surface area contributed by atoms with E-state index in [0.717, 1.165) is 0 Å². The molecule has 1 fully saturated rings. The van der Waals surface area contributed by atoms with Gasteiger partial charge in [-0.05, 0) is 6.42 Å². The normalized spacial score (nSPS) is 18.2. The summed E-state index contributed by atoms with van der Waals surface area (Å²) in [6, 6.07) is 0. The second kappa shape index (κ2) is 4.59. The molecule has 0 aromatic rings. The Hall–Kier alpha value is -1.14. The number of β-amino-alcohol motifs (C(OH)–C–C–N with tert-alkyl or cyclic N) is 1. The minimum absolute atomic E-state index is 0.235. The lowest BCUT2D eigenvalue weighted by molar-refractivity contribution is -0.162. The van der Waals surface area contributed by atoms with Crippen LogP contribution in [0.4, 0.5) is 0 Å². The molecular weight excluding hydrogens is 198 g/mol. The van der Waals surface area contributed by atoms with Crippen molar-refractivity contribution < 1.29 is 14.7 Å². The molecule has 1 aliphatic heterocycles. The molecule has 0 atom stereocenters. The molecule has 1 saturated heterocycles. The van der Waals surface area contributed by atoms with E-state index in [9.17, 15) is 14.7 Å². The maximum Gasteiger partial charge on any atom is 0.312 e. The first-order valence-electron chi connectivity index (χ1n) is 5.02. The SMILES string of the molecule is CCC1(O)CN(C(=O)C(=O)NCCN)C1. The third-order valence-corrected chi connectivity index (χ3v) is 2.54. The van der Waals surface area contributed by atoms with Crippen molar-refractivity contribution >= 4 is 11.8 Å². The maximum absolute atomic E-state index is 11.4. The van der Waals surface area contributed by atoms with Gasteiger partial charge in [0.05, 0.1) is 18.7 Å². The number of nitrogens with one attached hydrogen (secondary N) is 1. The van der Waals surface area contributed by atoms with Gasteiger partial charge >= 0.3 is 11.8 Å². The highest BCUT2D eigenvalue weighted by atomic mass is 16.3. The van der Waals surface area contributed by atoms with Crippen LogP contribution in [0, 0.1) is 0 Å².